The number of carbonyl (C=O) groups excluding carboxylic acids is 2. The van der Waals surface area contributed by atoms with Crippen LogP contribution in [-0.2, 0) is 16.1 Å². The molecule has 31 heavy (non-hydrogen) atoms. The quantitative estimate of drug-likeness (QED) is 0.307. The summed E-state index contributed by atoms with van der Waals surface area (Å²) >= 11 is 7.80. The van der Waals surface area contributed by atoms with Crippen LogP contribution in [0.4, 0.5) is 0 Å². The average molecular weight is 458 g/mol. The maximum atomic E-state index is 13.0. The van der Waals surface area contributed by atoms with Crippen molar-refractivity contribution in [1.29, 1.82) is 0 Å². The first kappa shape index (κ1) is 21.2. The highest BCUT2D eigenvalue weighted by Crippen LogP contribution is 2.42. The molecule has 1 saturated heterocycles. The van der Waals surface area contributed by atoms with Crippen LogP contribution in [0, 0.1) is 6.92 Å². The molecular weight excluding hydrogens is 438 g/mol. The van der Waals surface area contributed by atoms with Gasteiger partial charge in [-0.3, -0.25) is 9.59 Å². The number of aryl methyl sites for hydroxylation is 1. The summed E-state index contributed by atoms with van der Waals surface area (Å²) < 4.78 is 11.3. The van der Waals surface area contributed by atoms with E-state index in [0.29, 0.717) is 23.9 Å². The molecule has 1 atom stereocenters. The Kier molecular flexibility index (Phi) is 5.89. The van der Waals surface area contributed by atoms with Crippen LogP contribution in [0.3, 0.4) is 0 Å². The minimum atomic E-state index is -0.873. The van der Waals surface area contributed by atoms with Gasteiger partial charge in [0.15, 0.2) is 0 Å². The number of halogens is 1. The number of ether oxygens (including phenoxy) is 1. The molecule has 6 nitrogen and oxygen atoms in total. The van der Waals surface area contributed by atoms with Crippen molar-refractivity contribution in [2.45, 2.75) is 26.4 Å². The Bertz CT molecular complexity index is 1160. The largest absolute Gasteiger partial charge is 0.507 e. The Hall–Kier alpha value is -3.03. The van der Waals surface area contributed by atoms with Gasteiger partial charge in [0.2, 0.25) is 0 Å². The van der Waals surface area contributed by atoms with Crippen LogP contribution in [-0.4, -0.2) is 28.3 Å². The second-order valence-electron chi connectivity index (χ2n) is 7.03. The second kappa shape index (κ2) is 8.61. The van der Waals surface area contributed by atoms with Gasteiger partial charge in [0.1, 0.15) is 29.1 Å². The van der Waals surface area contributed by atoms with Gasteiger partial charge >= 0.3 is 0 Å². The molecule has 3 aromatic rings. The lowest BCUT2D eigenvalue weighted by Crippen LogP contribution is -2.28. The SMILES string of the molecule is CCOc1ccc(Cl)c(/C(O)=C2\C(=O)C(=O)N(Cc3cccs3)C2c2ccc(C)o2)c1. The molecule has 0 radical (unpaired) electrons. The van der Waals surface area contributed by atoms with Gasteiger partial charge in [-0.15, -0.1) is 11.3 Å². The van der Waals surface area contributed by atoms with E-state index in [1.807, 2.05) is 24.4 Å². The molecule has 1 aliphatic heterocycles. The zero-order chi connectivity index (χ0) is 22.1. The minimum absolute atomic E-state index is 0.0635. The summed E-state index contributed by atoms with van der Waals surface area (Å²) in [5.74, 6) is -0.332. The molecular formula is C23H20ClNO5S. The highest BCUT2D eigenvalue weighted by molar-refractivity contribution is 7.09. The summed E-state index contributed by atoms with van der Waals surface area (Å²) in [5.41, 5.74) is 0.154. The van der Waals surface area contributed by atoms with Gasteiger partial charge in [-0.2, -0.15) is 0 Å². The molecule has 0 bridgehead atoms. The van der Waals surface area contributed by atoms with Crippen LogP contribution in [0.1, 0.15) is 34.9 Å². The van der Waals surface area contributed by atoms with E-state index < -0.39 is 17.7 Å². The van der Waals surface area contributed by atoms with E-state index in [0.717, 1.165) is 4.88 Å². The third-order valence-electron chi connectivity index (χ3n) is 4.98. The number of amides is 1. The summed E-state index contributed by atoms with van der Waals surface area (Å²) in [6, 6.07) is 11.2. The fraction of sp³-hybridized carbons (Fsp3) is 0.217. The molecule has 1 fully saturated rings. The van der Waals surface area contributed by atoms with E-state index in [9.17, 15) is 14.7 Å². The van der Waals surface area contributed by atoms with Crippen LogP contribution >= 0.6 is 22.9 Å². The topological polar surface area (TPSA) is 80.0 Å². The van der Waals surface area contributed by atoms with Gasteiger partial charge in [0, 0.05) is 10.4 Å². The lowest BCUT2D eigenvalue weighted by atomic mass is 9.99. The van der Waals surface area contributed by atoms with E-state index >= 15 is 0 Å². The van der Waals surface area contributed by atoms with E-state index in [2.05, 4.69) is 0 Å². The summed E-state index contributed by atoms with van der Waals surface area (Å²) in [5, 5.41) is 13.3. The van der Waals surface area contributed by atoms with Gasteiger partial charge < -0.3 is 19.2 Å². The molecule has 8 heteroatoms. The first-order chi connectivity index (χ1) is 14.9. The Morgan fingerprint density at radius 2 is 2.06 bits per heavy atom. The Labute approximate surface area is 188 Å². The van der Waals surface area contributed by atoms with Crippen molar-refractivity contribution in [3.8, 4) is 5.75 Å². The summed E-state index contributed by atoms with van der Waals surface area (Å²) in [6.45, 7) is 4.26. The molecule has 1 unspecified atom stereocenters. The number of hydrogen-bond donors (Lipinski definition) is 1. The molecule has 3 heterocycles. The van der Waals surface area contributed by atoms with E-state index in [1.165, 1.54) is 16.2 Å². The van der Waals surface area contributed by atoms with Crippen molar-refractivity contribution >= 4 is 40.4 Å². The molecule has 2 aromatic heterocycles. The molecule has 1 aromatic carbocycles. The van der Waals surface area contributed by atoms with Gasteiger partial charge in [-0.05, 0) is 55.6 Å². The Morgan fingerprint density at radius 3 is 2.71 bits per heavy atom. The lowest BCUT2D eigenvalue weighted by Gasteiger charge is -2.23. The Balaban J connectivity index is 1.87. The number of carbonyl (C=O) groups is 2. The van der Waals surface area contributed by atoms with Gasteiger partial charge in [0.25, 0.3) is 11.7 Å². The van der Waals surface area contributed by atoms with E-state index in [1.54, 1.807) is 37.3 Å². The van der Waals surface area contributed by atoms with Crippen LogP contribution in [0.25, 0.3) is 5.76 Å². The molecule has 1 amide bonds. The van der Waals surface area contributed by atoms with Crippen LogP contribution in [0.15, 0.2) is 57.8 Å². The molecule has 1 aliphatic rings. The minimum Gasteiger partial charge on any atom is -0.507 e. The van der Waals surface area contributed by atoms with Crippen LogP contribution in [0.2, 0.25) is 5.02 Å². The number of benzene rings is 1. The number of Topliss-reactive ketones (excluding diaryl/α,β-unsaturated/α-hetero) is 1. The number of aliphatic hydroxyl groups excluding tert-OH is 1. The summed E-state index contributed by atoms with van der Waals surface area (Å²) in [7, 11) is 0. The molecule has 160 valence electrons. The molecule has 4 rings (SSSR count). The number of thiophene rings is 1. The van der Waals surface area contributed by atoms with Crippen molar-refractivity contribution in [3.63, 3.8) is 0 Å². The summed E-state index contributed by atoms with van der Waals surface area (Å²) in [4.78, 5) is 28.3. The van der Waals surface area contributed by atoms with Crippen LogP contribution < -0.4 is 4.74 Å². The monoisotopic (exact) mass is 457 g/mol. The maximum Gasteiger partial charge on any atom is 0.296 e. The number of nitrogens with zero attached hydrogens (tertiary/aromatic N) is 1. The van der Waals surface area contributed by atoms with Crippen molar-refractivity contribution < 1.29 is 23.8 Å². The fourth-order valence-corrected chi connectivity index (χ4v) is 4.51. The van der Waals surface area contributed by atoms with E-state index in [-0.39, 0.29) is 28.5 Å². The van der Waals surface area contributed by atoms with Crippen molar-refractivity contribution in [3.05, 3.63) is 80.4 Å². The third kappa shape index (κ3) is 3.98. The van der Waals surface area contributed by atoms with Crippen LogP contribution in [0.5, 0.6) is 5.75 Å². The van der Waals surface area contributed by atoms with Crippen molar-refractivity contribution in [2.24, 2.45) is 0 Å². The smallest absolute Gasteiger partial charge is 0.296 e. The van der Waals surface area contributed by atoms with E-state index in [4.69, 9.17) is 20.8 Å². The van der Waals surface area contributed by atoms with Crippen molar-refractivity contribution in [1.82, 2.24) is 4.90 Å². The predicted molar refractivity (Wildman–Crippen MR) is 118 cm³/mol. The van der Waals surface area contributed by atoms with Gasteiger partial charge in [-0.25, -0.2) is 0 Å². The lowest BCUT2D eigenvalue weighted by molar-refractivity contribution is -0.140. The number of hydrogen-bond acceptors (Lipinski definition) is 6. The zero-order valence-corrected chi connectivity index (χ0v) is 18.5. The molecule has 0 aliphatic carbocycles. The third-order valence-corrected chi connectivity index (χ3v) is 6.17. The fourth-order valence-electron chi connectivity index (χ4n) is 3.60. The highest BCUT2D eigenvalue weighted by Gasteiger charge is 2.47. The Morgan fingerprint density at radius 1 is 1.26 bits per heavy atom. The predicted octanol–water partition coefficient (Wildman–Crippen LogP) is 5.32. The number of furan rings is 1. The number of aliphatic hydroxyl groups is 1. The van der Waals surface area contributed by atoms with Crippen molar-refractivity contribution in [2.75, 3.05) is 6.61 Å². The number of rotatable bonds is 6. The second-order valence-corrected chi connectivity index (χ2v) is 8.47. The molecule has 0 saturated carbocycles. The normalized spacial score (nSPS) is 18.0. The first-order valence-corrected chi connectivity index (χ1v) is 11.0. The number of ketones is 1. The zero-order valence-electron chi connectivity index (χ0n) is 16.9. The number of likely N-dealkylation sites (tertiary alicyclic amines) is 1. The highest BCUT2D eigenvalue weighted by atomic mass is 35.5. The van der Waals surface area contributed by atoms with Gasteiger partial charge in [-0.1, -0.05) is 17.7 Å². The average Bonchev–Trinajstić information content (AvgIpc) is 3.46. The molecule has 0 spiro atoms. The first-order valence-electron chi connectivity index (χ1n) is 9.70. The maximum absolute atomic E-state index is 13.0. The van der Waals surface area contributed by atoms with Gasteiger partial charge in [0.05, 0.1) is 23.7 Å². The standard InChI is InChI=1S/C23H20ClNO5S/c1-3-29-14-7-8-17(24)16(11-14)21(26)19-20(18-9-6-13(2)30-18)25(23(28)22(19)27)12-15-5-4-10-31-15/h4-11,20,26H,3,12H2,1-2H3/b21-19+. The molecule has 1 N–H and O–H groups in total. The summed E-state index contributed by atoms with van der Waals surface area (Å²) in [6.07, 6.45) is 0.